The Balaban J connectivity index is 2.26. The molecule has 0 amide bonds. The summed E-state index contributed by atoms with van der Waals surface area (Å²) in [6, 6.07) is 0.140. The number of nitrogens with zero attached hydrogens (tertiary/aromatic N) is 2. The monoisotopic (exact) mass is 295 g/mol. The molecule has 0 aliphatic heterocycles. The molecule has 0 bridgehead atoms. The van der Waals surface area contributed by atoms with Crippen molar-refractivity contribution in [2.45, 2.75) is 45.6 Å². The first-order valence-corrected chi connectivity index (χ1v) is 8.37. The van der Waals surface area contributed by atoms with Gasteiger partial charge in [0.15, 0.2) is 0 Å². The molecule has 0 aromatic carbocycles. The Morgan fingerprint density at radius 1 is 1.26 bits per heavy atom. The van der Waals surface area contributed by atoms with Gasteiger partial charge in [-0.05, 0) is 13.0 Å². The van der Waals surface area contributed by atoms with Gasteiger partial charge in [-0.25, -0.2) is 9.97 Å². The van der Waals surface area contributed by atoms with E-state index in [1.54, 1.807) is 22.7 Å². The summed E-state index contributed by atoms with van der Waals surface area (Å²) in [6.45, 7) is 9.75. The lowest BCUT2D eigenvalue weighted by Crippen LogP contribution is -2.23. The number of hydrogen-bond acceptors (Lipinski definition) is 5. The molecule has 0 saturated carbocycles. The minimum Gasteiger partial charge on any atom is -0.302 e. The highest BCUT2D eigenvalue weighted by molar-refractivity contribution is 7.11. The molecule has 1 N–H and O–H groups in total. The van der Waals surface area contributed by atoms with Crippen LogP contribution in [-0.4, -0.2) is 16.5 Å². The van der Waals surface area contributed by atoms with E-state index in [0.29, 0.717) is 0 Å². The molecule has 19 heavy (non-hydrogen) atoms. The lowest BCUT2D eigenvalue weighted by atomic mass is 9.93. The van der Waals surface area contributed by atoms with Gasteiger partial charge in [0.2, 0.25) is 0 Å². The second-order valence-electron chi connectivity index (χ2n) is 5.58. The minimum absolute atomic E-state index is 0.104. The van der Waals surface area contributed by atoms with Crippen molar-refractivity contribution < 1.29 is 0 Å². The fourth-order valence-electron chi connectivity index (χ4n) is 1.71. The third kappa shape index (κ3) is 3.61. The van der Waals surface area contributed by atoms with Crippen LogP contribution in [0.2, 0.25) is 0 Å². The smallest absolute Gasteiger partial charge is 0.117 e. The Labute approximate surface area is 123 Å². The quantitative estimate of drug-likeness (QED) is 0.906. The average Bonchev–Trinajstić information content (AvgIpc) is 2.99. The lowest BCUT2D eigenvalue weighted by molar-refractivity contribution is 0.557. The second kappa shape index (κ2) is 6.11. The molecular weight excluding hydrogens is 274 g/mol. The first-order chi connectivity index (χ1) is 9.02. The first kappa shape index (κ1) is 14.6. The van der Waals surface area contributed by atoms with Gasteiger partial charge in [0.1, 0.15) is 16.1 Å². The molecule has 104 valence electrons. The molecular formula is C14H21N3S2. The average molecular weight is 295 g/mol. The van der Waals surface area contributed by atoms with Gasteiger partial charge in [0, 0.05) is 22.4 Å². The van der Waals surface area contributed by atoms with Crippen LogP contribution in [0.4, 0.5) is 0 Å². The van der Waals surface area contributed by atoms with Crippen LogP contribution in [0.25, 0.3) is 0 Å². The summed E-state index contributed by atoms with van der Waals surface area (Å²) in [5.41, 5.74) is 1.26. The molecule has 0 radical (unpaired) electrons. The number of nitrogens with one attached hydrogen (secondary N) is 1. The van der Waals surface area contributed by atoms with Crippen molar-refractivity contribution in [3.8, 4) is 0 Å². The van der Waals surface area contributed by atoms with Gasteiger partial charge < -0.3 is 5.32 Å². The van der Waals surface area contributed by atoms with E-state index in [-0.39, 0.29) is 11.5 Å². The number of rotatable bonds is 5. The van der Waals surface area contributed by atoms with Gasteiger partial charge in [-0.3, -0.25) is 0 Å². The van der Waals surface area contributed by atoms with Crippen molar-refractivity contribution in [1.29, 1.82) is 0 Å². The van der Waals surface area contributed by atoms with Crippen LogP contribution in [-0.2, 0) is 5.41 Å². The zero-order chi connectivity index (χ0) is 13.9. The van der Waals surface area contributed by atoms with Gasteiger partial charge in [-0.15, -0.1) is 22.7 Å². The highest BCUT2D eigenvalue weighted by atomic mass is 32.1. The van der Waals surface area contributed by atoms with Crippen LogP contribution >= 0.6 is 22.7 Å². The third-order valence-electron chi connectivity index (χ3n) is 2.83. The van der Waals surface area contributed by atoms with Gasteiger partial charge >= 0.3 is 0 Å². The van der Waals surface area contributed by atoms with E-state index in [1.807, 2.05) is 11.6 Å². The van der Waals surface area contributed by atoms with E-state index in [9.17, 15) is 0 Å². The first-order valence-electron chi connectivity index (χ1n) is 6.61. The zero-order valence-electron chi connectivity index (χ0n) is 11.9. The fraction of sp³-hybridized carbons (Fsp3) is 0.571. The number of thiazole rings is 2. The number of hydrogen-bond donors (Lipinski definition) is 1. The molecule has 3 nitrogen and oxygen atoms in total. The van der Waals surface area contributed by atoms with E-state index in [4.69, 9.17) is 4.98 Å². The van der Waals surface area contributed by atoms with Gasteiger partial charge in [-0.1, -0.05) is 27.7 Å². The molecule has 2 aromatic rings. The van der Waals surface area contributed by atoms with E-state index in [0.717, 1.165) is 28.7 Å². The summed E-state index contributed by atoms with van der Waals surface area (Å²) < 4.78 is 0. The SMILES string of the molecule is CCCNC(c1nccs1)c1nc(C(C)(C)C)cs1. The van der Waals surface area contributed by atoms with Gasteiger partial charge in [0.25, 0.3) is 0 Å². The minimum atomic E-state index is 0.104. The van der Waals surface area contributed by atoms with E-state index in [2.05, 4.69) is 43.4 Å². The Kier molecular flexibility index (Phi) is 4.71. The van der Waals surface area contributed by atoms with Gasteiger partial charge in [0.05, 0.1) is 5.69 Å². The van der Waals surface area contributed by atoms with Crippen molar-refractivity contribution in [1.82, 2.24) is 15.3 Å². The summed E-state index contributed by atoms with van der Waals surface area (Å²) in [7, 11) is 0. The molecule has 0 fully saturated rings. The van der Waals surface area contributed by atoms with Crippen LogP contribution < -0.4 is 5.32 Å². The molecule has 0 spiro atoms. The van der Waals surface area contributed by atoms with Crippen LogP contribution in [0.1, 0.15) is 55.9 Å². The topological polar surface area (TPSA) is 37.8 Å². The van der Waals surface area contributed by atoms with Crippen LogP contribution in [0.15, 0.2) is 17.0 Å². The highest BCUT2D eigenvalue weighted by Crippen LogP contribution is 2.30. The fourth-order valence-corrected chi connectivity index (χ4v) is 3.62. The Bertz CT molecular complexity index is 497. The summed E-state index contributed by atoms with van der Waals surface area (Å²) in [5, 5.41) is 9.96. The second-order valence-corrected chi connectivity index (χ2v) is 7.39. The predicted molar refractivity (Wildman–Crippen MR) is 83.1 cm³/mol. The molecule has 2 heterocycles. The van der Waals surface area contributed by atoms with Crippen molar-refractivity contribution in [2.75, 3.05) is 6.54 Å². The van der Waals surface area contributed by atoms with Crippen LogP contribution in [0.3, 0.4) is 0 Å². The largest absolute Gasteiger partial charge is 0.302 e. The zero-order valence-corrected chi connectivity index (χ0v) is 13.6. The predicted octanol–water partition coefficient (Wildman–Crippen LogP) is 3.99. The molecule has 2 rings (SSSR count). The molecule has 0 aliphatic rings. The van der Waals surface area contributed by atoms with Crippen LogP contribution in [0, 0.1) is 0 Å². The van der Waals surface area contributed by atoms with Crippen molar-refractivity contribution in [3.05, 3.63) is 32.7 Å². The normalized spacial score (nSPS) is 13.7. The van der Waals surface area contributed by atoms with E-state index in [1.165, 1.54) is 0 Å². The van der Waals surface area contributed by atoms with Crippen LogP contribution in [0.5, 0.6) is 0 Å². The van der Waals surface area contributed by atoms with Gasteiger partial charge in [-0.2, -0.15) is 0 Å². The summed E-state index contributed by atoms with van der Waals surface area (Å²) in [5.74, 6) is 0. The molecule has 1 atom stereocenters. The van der Waals surface area contributed by atoms with Crippen molar-refractivity contribution in [3.63, 3.8) is 0 Å². The standard InChI is InChI=1S/C14H21N3S2/c1-5-6-15-11(12-16-7-8-18-12)13-17-10(9-19-13)14(2,3)4/h7-9,11,15H,5-6H2,1-4H3. The summed E-state index contributed by atoms with van der Waals surface area (Å²) in [4.78, 5) is 9.25. The van der Waals surface area contributed by atoms with Crippen molar-refractivity contribution >= 4 is 22.7 Å². The maximum Gasteiger partial charge on any atom is 0.117 e. The molecule has 5 heteroatoms. The molecule has 2 aromatic heterocycles. The molecule has 0 aliphatic carbocycles. The lowest BCUT2D eigenvalue weighted by Gasteiger charge is -2.16. The van der Waals surface area contributed by atoms with E-state index < -0.39 is 0 Å². The summed E-state index contributed by atoms with van der Waals surface area (Å²) in [6.07, 6.45) is 2.97. The van der Waals surface area contributed by atoms with Crippen molar-refractivity contribution in [2.24, 2.45) is 0 Å². The number of aromatic nitrogens is 2. The molecule has 1 unspecified atom stereocenters. The highest BCUT2D eigenvalue weighted by Gasteiger charge is 2.23. The Hall–Kier alpha value is -0.780. The molecule has 0 saturated heterocycles. The summed E-state index contributed by atoms with van der Waals surface area (Å²) >= 11 is 3.41. The van der Waals surface area contributed by atoms with E-state index >= 15 is 0 Å². The maximum atomic E-state index is 4.81. The third-order valence-corrected chi connectivity index (χ3v) is 4.58. The Morgan fingerprint density at radius 3 is 2.58 bits per heavy atom. The maximum absolute atomic E-state index is 4.81. The Morgan fingerprint density at radius 2 is 2.05 bits per heavy atom.